The number of amides is 1. The van der Waals surface area contributed by atoms with Crippen LogP contribution in [0.3, 0.4) is 0 Å². The maximum Gasteiger partial charge on any atom is 0.415 e. The zero-order valence-corrected chi connectivity index (χ0v) is 24.3. The topological polar surface area (TPSA) is 38.8 Å². The molecule has 0 aliphatic carbocycles. The third-order valence-corrected chi connectivity index (χ3v) is 13.4. The van der Waals surface area contributed by atoms with Crippen LogP contribution in [0.5, 0.6) is 0 Å². The molecule has 0 spiro atoms. The summed E-state index contributed by atoms with van der Waals surface area (Å²) in [5.74, 6) is 0.864. The number of rotatable bonds is 9. The summed E-state index contributed by atoms with van der Waals surface area (Å²) < 4.78 is 13.8. The maximum atomic E-state index is 13.4. The molecule has 1 aliphatic heterocycles. The van der Waals surface area contributed by atoms with Gasteiger partial charge < -0.3 is 9.16 Å². The molecule has 1 aliphatic rings. The second kappa shape index (κ2) is 11.6. The van der Waals surface area contributed by atoms with E-state index in [1.807, 2.05) is 54.6 Å². The summed E-state index contributed by atoms with van der Waals surface area (Å²) in [5.41, 5.74) is 3.97. The molecule has 188 valence electrons. The lowest BCUT2D eigenvalue weighted by molar-refractivity contribution is 0.145. The number of fused-ring (bicyclic) bond motifs is 1. The Hall–Kier alpha value is -2.31. The molecule has 1 heterocycles. The fourth-order valence-corrected chi connectivity index (χ4v) is 11.1. The lowest BCUT2D eigenvalue weighted by Gasteiger charge is -2.45. The Morgan fingerprint density at radius 1 is 1.06 bits per heavy atom. The van der Waals surface area contributed by atoms with E-state index in [4.69, 9.17) is 9.16 Å². The van der Waals surface area contributed by atoms with Gasteiger partial charge in [0, 0.05) is 10.0 Å². The highest BCUT2D eigenvalue weighted by atomic mass is 79.9. The van der Waals surface area contributed by atoms with E-state index in [2.05, 4.69) is 70.1 Å². The van der Waals surface area contributed by atoms with Crippen LogP contribution < -0.4 is 4.90 Å². The van der Waals surface area contributed by atoms with E-state index in [0.29, 0.717) is 23.0 Å². The van der Waals surface area contributed by atoms with Crippen molar-refractivity contribution in [3.8, 4) is 0 Å². The van der Waals surface area contributed by atoms with Gasteiger partial charge in [-0.25, -0.2) is 4.79 Å². The van der Waals surface area contributed by atoms with E-state index in [9.17, 15) is 4.79 Å². The first kappa shape index (κ1) is 27.3. The van der Waals surface area contributed by atoms with Gasteiger partial charge in [-0.15, -0.1) is 6.58 Å². The molecule has 0 radical (unpaired) electrons. The van der Waals surface area contributed by atoms with Crippen LogP contribution in [0.1, 0.15) is 59.1 Å². The number of hydrogen-bond donors (Lipinski definition) is 0. The van der Waals surface area contributed by atoms with Crippen molar-refractivity contribution in [1.82, 2.24) is 0 Å². The third-order valence-electron chi connectivity index (χ3n) is 6.96. The quantitative estimate of drug-likeness (QED) is 0.228. The minimum absolute atomic E-state index is 0.222. The van der Waals surface area contributed by atoms with Crippen molar-refractivity contribution in [2.45, 2.75) is 77.2 Å². The van der Waals surface area contributed by atoms with Gasteiger partial charge >= 0.3 is 6.09 Å². The monoisotopic (exact) mass is 555 g/mol. The number of halogens is 1. The average molecular weight is 557 g/mol. The number of benzene rings is 2. The molecule has 0 fully saturated rings. The molecule has 35 heavy (non-hydrogen) atoms. The van der Waals surface area contributed by atoms with Crippen molar-refractivity contribution in [2.75, 3.05) is 4.90 Å². The normalized spacial score (nSPS) is 15.8. The molecule has 1 amide bonds. The Labute approximate surface area is 220 Å². The van der Waals surface area contributed by atoms with Crippen molar-refractivity contribution in [3.63, 3.8) is 0 Å². The molecule has 0 saturated heterocycles. The van der Waals surface area contributed by atoms with Gasteiger partial charge in [-0.05, 0) is 52.9 Å². The summed E-state index contributed by atoms with van der Waals surface area (Å²) in [6, 6.07) is 15.5. The van der Waals surface area contributed by atoms with Gasteiger partial charge in [0.25, 0.3) is 8.32 Å². The molecule has 1 atom stereocenters. The molecule has 3 rings (SSSR count). The number of carbonyl (C=O) groups excluding carboxylic acids is 1. The summed E-state index contributed by atoms with van der Waals surface area (Å²) in [6.45, 7) is 17.9. The van der Waals surface area contributed by atoms with Crippen molar-refractivity contribution in [3.05, 3.63) is 82.9 Å². The van der Waals surface area contributed by atoms with Gasteiger partial charge in [-0.1, -0.05) is 93.9 Å². The zero-order chi connectivity index (χ0) is 25.8. The lowest BCUT2D eigenvalue weighted by Crippen LogP contribution is -2.48. The van der Waals surface area contributed by atoms with Gasteiger partial charge in [0.05, 0.1) is 11.7 Å². The summed E-state index contributed by atoms with van der Waals surface area (Å²) in [7, 11) is -2.21. The molecular formula is C29H38BrNO3Si. The molecule has 1 unspecified atom stereocenters. The van der Waals surface area contributed by atoms with Crippen LogP contribution in [0.15, 0.2) is 71.7 Å². The van der Waals surface area contributed by atoms with Crippen LogP contribution in [0.4, 0.5) is 10.5 Å². The zero-order valence-electron chi connectivity index (χ0n) is 21.8. The molecule has 0 saturated carbocycles. The Morgan fingerprint density at radius 3 is 2.26 bits per heavy atom. The van der Waals surface area contributed by atoms with Crippen LogP contribution >= 0.6 is 15.9 Å². The van der Waals surface area contributed by atoms with Crippen molar-refractivity contribution in [2.24, 2.45) is 0 Å². The molecule has 4 nitrogen and oxygen atoms in total. The number of nitrogens with zero attached hydrogens (tertiary/aromatic N) is 1. The number of carbonyl (C=O) groups is 1. The first-order valence-electron chi connectivity index (χ1n) is 12.4. The first-order valence-corrected chi connectivity index (χ1v) is 15.4. The molecule has 6 heteroatoms. The molecule has 2 aromatic rings. The highest BCUT2D eigenvalue weighted by Gasteiger charge is 2.48. The Morgan fingerprint density at radius 2 is 1.69 bits per heavy atom. The van der Waals surface area contributed by atoms with E-state index in [0.717, 1.165) is 27.0 Å². The second-order valence-electron chi connectivity index (χ2n) is 10.1. The van der Waals surface area contributed by atoms with Gasteiger partial charge in [0.1, 0.15) is 12.4 Å². The number of ether oxygens (including phenoxy) is 1. The maximum absolute atomic E-state index is 13.4. The summed E-state index contributed by atoms with van der Waals surface area (Å²) in [4.78, 5) is 15.2. The van der Waals surface area contributed by atoms with Crippen LogP contribution in [-0.2, 0) is 15.8 Å². The van der Waals surface area contributed by atoms with Crippen LogP contribution in [0, 0.1) is 0 Å². The SMILES string of the molecule is C=CCC1C=C(O[Si](C(C)C)(C(C)C)C(C)C)c2cc(Br)ccc2N1C(=O)OCc1ccccc1. The van der Waals surface area contributed by atoms with Gasteiger partial charge in [0.2, 0.25) is 0 Å². The van der Waals surface area contributed by atoms with Gasteiger partial charge in [-0.3, -0.25) is 4.90 Å². The predicted octanol–water partition coefficient (Wildman–Crippen LogP) is 9.08. The van der Waals surface area contributed by atoms with Gasteiger partial charge in [0.15, 0.2) is 0 Å². The van der Waals surface area contributed by atoms with Gasteiger partial charge in [-0.2, -0.15) is 0 Å². The summed E-state index contributed by atoms with van der Waals surface area (Å²) >= 11 is 3.63. The Bertz CT molecular complexity index is 1040. The average Bonchev–Trinajstić information content (AvgIpc) is 2.81. The van der Waals surface area contributed by atoms with E-state index in [-0.39, 0.29) is 18.7 Å². The molecule has 0 aromatic heterocycles. The van der Waals surface area contributed by atoms with E-state index in [1.165, 1.54) is 0 Å². The molecule has 0 bridgehead atoms. The minimum Gasteiger partial charge on any atom is -0.542 e. The number of hydrogen-bond acceptors (Lipinski definition) is 3. The minimum atomic E-state index is -2.21. The fourth-order valence-electron chi connectivity index (χ4n) is 5.43. The standard InChI is InChI=1S/C29H38BrNO3Si/c1-8-12-25-18-28(34-35(20(2)3,21(4)5)22(6)7)26-17-24(30)15-16-27(26)31(25)29(32)33-19-23-13-10-9-11-14-23/h8-11,13-18,20-22,25H,1,12,19H2,2-7H3. The Balaban J connectivity index is 2.04. The van der Waals surface area contributed by atoms with E-state index >= 15 is 0 Å². The van der Waals surface area contributed by atoms with Crippen molar-refractivity contribution >= 4 is 41.8 Å². The highest BCUT2D eigenvalue weighted by Crippen LogP contribution is 2.47. The van der Waals surface area contributed by atoms with E-state index < -0.39 is 8.32 Å². The van der Waals surface area contributed by atoms with Crippen LogP contribution in [-0.4, -0.2) is 20.5 Å². The van der Waals surface area contributed by atoms with E-state index in [1.54, 1.807) is 4.90 Å². The van der Waals surface area contributed by atoms with Crippen molar-refractivity contribution in [1.29, 1.82) is 0 Å². The highest BCUT2D eigenvalue weighted by molar-refractivity contribution is 9.10. The lowest BCUT2D eigenvalue weighted by atomic mass is 9.99. The third kappa shape index (κ3) is 5.75. The second-order valence-corrected chi connectivity index (χ2v) is 16.4. The van der Waals surface area contributed by atoms with Crippen LogP contribution in [0.2, 0.25) is 16.6 Å². The van der Waals surface area contributed by atoms with Crippen LogP contribution in [0.25, 0.3) is 5.76 Å². The molecule has 0 N–H and O–H groups in total. The largest absolute Gasteiger partial charge is 0.542 e. The Kier molecular flexibility index (Phi) is 9.05. The van der Waals surface area contributed by atoms with Crippen molar-refractivity contribution < 1.29 is 14.0 Å². The molecular weight excluding hydrogens is 518 g/mol. The molecule has 2 aromatic carbocycles. The summed E-state index contributed by atoms with van der Waals surface area (Å²) in [6.07, 6.45) is 4.16. The fraction of sp³-hybridized carbons (Fsp3) is 0.414. The first-order chi connectivity index (χ1) is 16.6. The predicted molar refractivity (Wildman–Crippen MR) is 152 cm³/mol. The summed E-state index contributed by atoms with van der Waals surface area (Å²) in [5, 5.41) is 0. The smallest absolute Gasteiger partial charge is 0.415 e. The number of anilines is 1.